The maximum atomic E-state index is 11.9. The minimum Gasteiger partial charge on any atom is -0.495 e. The van der Waals surface area contributed by atoms with E-state index in [1.165, 1.54) is 26.0 Å². The molecule has 0 unspecified atom stereocenters. The number of ether oxygens (including phenoxy) is 2. The molecule has 2 heterocycles. The van der Waals surface area contributed by atoms with E-state index in [0.29, 0.717) is 27.4 Å². The van der Waals surface area contributed by atoms with Crippen LogP contribution >= 0.6 is 23.4 Å². The van der Waals surface area contributed by atoms with Crippen LogP contribution in [0.3, 0.4) is 0 Å². The number of sulfone groups is 1. The van der Waals surface area contributed by atoms with Gasteiger partial charge in [0.1, 0.15) is 11.5 Å². The number of anilines is 1. The van der Waals surface area contributed by atoms with Crippen LogP contribution in [0.25, 0.3) is 0 Å². The number of hydrogen-bond donors (Lipinski definition) is 1. The number of amidine groups is 1. The Morgan fingerprint density at radius 2 is 1.95 bits per heavy atom. The second-order valence-corrected chi connectivity index (χ2v) is 8.92. The SMILES string of the molecule is COc1cc(OC)c(N2C(=N)S[C@H]3CS(=O)(=O)C[C@@H]32)cc1Cl. The molecule has 0 saturated carbocycles. The Morgan fingerprint density at radius 1 is 1.27 bits per heavy atom. The Kier molecular flexibility index (Phi) is 3.94. The molecule has 3 rings (SSSR count). The van der Waals surface area contributed by atoms with Gasteiger partial charge in [-0.05, 0) is 6.07 Å². The molecule has 0 bridgehead atoms. The van der Waals surface area contributed by atoms with Crippen molar-refractivity contribution < 1.29 is 17.9 Å². The first-order valence-corrected chi connectivity index (χ1v) is 9.60. The summed E-state index contributed by atoms with van der Waals surface area (Å²) in [5.74, 6) is 1.11. The first kappa shape index (κ1) is 15.8. The molecule has 0 spiro atoms. The zero-order chi connectivity index (χ0) is 16.1. The molecule has 0 radical (unpaired) electrons. The Bertz CT molecular complexity index is 738. The first-order valence-electron chi connectivity index (χ1n) is 6.52. The predicted molar refractivity (Wildman–Crippen MR) is 88.6 cm³/mol. The quantitative estimate of drug-likeness (QED) is 0.886. The van der Waals surface area contributed by atoms with Gasteiger partial charge in [-0.3, -0.25) is 5.41 Å². The molecule has 120 valence electrons. The summed E-state index contributed by atoms with van der Waals surface area (Å²) in [5, 5.41) is 8.75. The summed E-state index contributed by atoms with van der Waals surface area (Å²) in [6.45, 7) is 0. The van der Waals surface area contributed by atoms with Crippen molar-refractivity contribution in [1.29, 1.82) is 5.41 Å². The molecule has 0 aromatic heterocycles. The van der Waals surface area contributed by atoms with Crippen molar-refractivity contribution in [3.05, 3.63) is 17.2 Å². The van der Waals surface area contributed by atoms with Crippen molar-refractivity contribution in [2.45, 2.75) is 11.3 Å². The number of halogens is 1. The normalized spacial score (nSPS) is 26.1. The van der Waals surface area contributed by atoms with Gasteiger partial charge in [-0.2, -0.15) is 0 Å². The van der Waals surface area contributed by atoms with Crippen LogP contribution in [-0.4, -0.2) is 50.6 Å². The van der Waals surface area contributed by atoms with Crippen molar-refractivity contribution in [2.24, 2.45) is 0 Å². The van der Waals surface area contributed by atoms with E-state index in [9.17, 15) is 8.42 Å². The zero-order valence-corrected chi connectivity index (χ0v) is 14.4. The molecule has 2 atom stereocenters. The van der Waals surface area contributed by atoms with E-state index in [4.69, 9.17) is 26.5 Å². The van der Waals surface area contributed by atoms with Crippen molar-refractivity contribution in [1.82, 2.24) is 0 Å². The maximum Gasteiger partial charge on any atom is 0.161 e. The Morgan fingerprint density at radius 3 is 2.59 bits per heavy atom. The van der Waals surface area contributed by atoms with E-state index in [1.807, 2.05) is 0 Å². The highest BCUT2D eigenvalue weighted by molar-refractivity contribution is 8.15. The van der Waals surface area contributed by atoms with Crippen LogP contribution in [-0.2, 0) is 9.84 Å². The standard InChI is InChI=1S/C13H15ClN2O4S2/c1-19-10-4-11(20-2)8(3-7(10)14)16-9-5-22(17,18)6-12(9)21-13(16)15/h3-4,9,12,15H,5-6H2,1-2H3/t9-,12-/m0/s1. The van der Waals surface area contributed by atoms with Gasteiger partial charge >= 0.3 is 0 Å². The summed E-state index contributed by atoms with van der Waals surface area (Å²) < 4.78 is 34.3. The summed E-state index contributed by atoms with van der Waals surface area (Å²) in [7, 11) is -0.0467. The molecule has 22 heavy (non-hydrogen) atoms. The fourth-order valence-corrected chi connectivity index (χ4v) is 6.84. The molecule has 1 aromatic rings. The Labute approximate surface area is 138 Å². The third-order valence-electron chi connectivity index (χ3n) is 3.80. The van der Waals surface area contributed by atoms with Crippen molar-refractivity contribution in [2.75, 3.05) is 30.6 Å². The lowest BCUT2D eigenvalue weighted by molar-refractivity contribution is 0.394. The maximum absolute atomic E-state index is 11.9. The molecule has 1 N–H and O–H groups in total. The molecule has 1 aromatic carbocycles. The zero-order valence-electron chi connectivity index (χ0n) is 12.0. The van der Waals surface area contributed by atoms with Crippen LogP contribution < -0.4 is 14.4 Å². The summed E-state index contributed by atoms with van der Waals surface area (Å²) in [6.07, 6.45) is 0. The number of nitrogens with zero attached hydrogens (tertiary/aromatic N) is 1. The van der Waals surface area contributed by atoms with Gasteiger partial charge in [0.25, 0.3) is 0 Å². The summed E-state index contributed by atoms with van der Waals surface area (Å²) in [6, 6.07) is 3.04. The predicted octanol–water partition coefficient (Wildman–Crippen LogP) is 2.01. The van der Waals surface area contributed by atoms with Crippen LogP contribution in [0.4, 0.5) is 5.69 Å². The van der Waals surface area contributed by atoms with Crippen LogP contribution in [0.1, 0.15) is 0 Å². The molecular formula is C13H15ClN2O4S2. The summed E-state index contributed by atoms with van der Waals surface area (Å²) >= 11 is 7.46. The second kappa shape index (κ2) is 5.50. The number of thioether (sulfide) groups is 1. The van der Waals surface area contributed by atoms with Crippen LogP contribution in [0.2, 0.25) is 5.02 Å². The van der Waals surface area contributed by atoms with E-state index in [2.05, 4.69) is 0 Å². The van der Waals surface area contributed by atoms with Crippen molar-refractivity contribution in [3.8, 4) is 11.5 Å². The van der Waals surface area contributed by atoms with Crippen molar-refractivity contribution >= 4 is 44.1 Å². The number of nitrogens with one attached hydrogen (secondary N) is 1. The lowest BCUT2D eigenvalue weighted by Crippen LogP contribution is -2.37. The third kappa shape index (κ3) is 2.53. The summed E-state index contributed by atoms with van der Waals surface area (Å²) in [5.41, 5.74) is 0.593. The minimum atomic E-state index is -3.07. The van der Waals surface area contributed by atoms with E-state index in [0.717, 1.165) is 0 Å². The number of benzene rings is 1. The van der Waals surface area contributed by atoms with Gasteiger partial charge in [-0.25, -0.2) is 8.42 Å². The molecular weight excluding hydrogens is 348 g/mol. The van der Waals surface area contributed by atoms with Crippen LogP contribution in [0.5, 0.6) is 11.5 Å². The molecule has 0 amide bonds. The topological polar surface area (TPSA) is 79.7 Å². The Hall–Kier alpha value is -1.12. The first-order chi connectivity index (χ1) is 10.4. The average Bonchev–Trinajstić information content (AvgIpc) is 2.88. The smallest absolute Gasteiger partial charge is 0.161 e. The largest absolute Gasteiger partial charge is 0.495 e. The van der Waals surface area contributed by atoms with E-state index >= 15 is 0 Å². The van der Waals surface area contributed by atoms with Gasteiger partial charge in [0.2, 0.25) is 0 Å². The highest BCUT2D eigenvalue weighted by Gasteiger charge is 2.49. The van der Waals surface area contributed by atoms with Gasteiger partial charge in [-0.15, -0.1) is 0 Å². The van der Waals surface area contributed by atoms with Gasteiger partial charge in [0, 0.05) is 11.3 Å². The highest BCUT2D eigenvalue weighted by Crippen LogP contribution is 2.46. The lowest BCUT2D eigenvalue weighted by Gasteiger charge is -2.26. The monoisotopic (exact) mass is 362 g/mol. The van der Waals surface area contributed by atoms with Gasteiger partial charge in [-0.1, -0.05) is 23.4 Å². The van der Waals surface area contributed by atoms with Gasteiger partial charge in [0.05, 0.1) is 42.5 Å². The molecule has 2 aliphatic rings. The Balaban J connectivity index is 2.06. The van der Waals surface area contributed by atoms with Crippen molar-refractivity contribution in [3.63, 3.8) is 0 Å². The highest BCUT2D eigenvalue weighted by atomic mass is 35.5. The number of fused-ring (bicyclic) bond motifs is 1. The molecule has 2 aliphatic heterocycles. The van der Waals surface area contributed by atoms with E-state index < -0.39 is 9.84 Å². The lowest BCUT2D eigenvalue weighted by atomic mass is 10.2. The fraction of sp³-hybridized carbons (Fsp3) is 0.462. The minimum absolute atomic E-state index is 0.0415. The number of rotatable bonds is 3. The second-order valence-electron chi connectivity index (χ2n) is 5.13. The van der Waals surface area contributed by atoms with E-state index in [-0.39, 0.29) is 22.8 Å². The average molecular weight is 363 g/mol. The fourth-order valence-electron chi connectivity index (χ4n) is 2.82. The molecule has 2 saturated heterocycles. The summed E-state index contributed by atoms with van der Waals surface area (Å²) in [4.78, 5) is 1.70. The van der Waals surface area contributed by atoms with E-state index in [1.54, 1.807) is 17.0 Å². The number of methoxy groups -OCH3 is 2. The van der Waals surface area contributed by atoms with Gasteiger partial charge in [0.15, 0.2) is 15.0 Å². The molecule has 0 aliphatic carbocycles. The van der Waals surface area contributed by atoms with Crippen LogP contribution in [0, 0.1) is 5.41 Å². The molecule has 6 nitrogen and oxygen atoms in total. The third-order valence-corrected chi connectivity index (χ3v) is 7.22. The van der Waals surface area contributed by atoms with Gasteiger partial charge < -0.3 is 14.4 Å². The molecule has 9 heteroatoms. The van der Waals surface area contributed by atoms with Crippen LogP contribution in [0.15, 0.2) is 12.1 Å². The molecule has 2 fully saturated rings. The number of hydrogen-bond acceptors (Lipinski definition) is 6.